The van der Waals surface area contributed by atoms with Crippen LogP contribution in [0.4, 0.5) is 11.4 Å². The molecule has 2 aromatic rings. The Morgan fingerprint density at radius 3 is 2.61 bits per heavy atom. The number of nitrogens with zero attached hydrogens (tertiary/aromatic N) is 2. The number of hydrogen-bond acceptors (Lipinski definition) is 7. The molecule has 1 amide bonds. The second-order valence-electron chi connectivity index (χ2n) is 6.33. The number of rotatable bonds is 7. The van der Waals surface area contributed by atoms with Gasteiger partial charge in [0.05, 0.1) is 25.9 Å². The lowest BCUT2D eigenvalue weighted by molar-refractivity contribution is 0.0383. The van der Waals surface area contributed by atoms with Crippen molar-refractivity contribution in [3.63, 3.8) is 0 Å². The van der Waals surface area contributed by atoms with Gasteiger partial charge in [0, 0.05) is 43.8 Å². The van der Waals surface area contributed by atoms with E-state index in [-0.39, 0.29) is 11.9 Å². The first kappa shape index (κ1) is 19.8. The van der Waals surface area contributed by atoms with Crippen molar-refractivity contribution in [3.05, 3.63) is 53.9 Å². The molecule has 2 N–H and O–H groups in total. The van der Waals surface area contributed by atoms with Crippen LogP contribution < -0.4 is 10.6 Å². The quantitative estimate of drug-likeness (QED) is 0.702. The summed E-state index contributed by atoms with van der Waals surface area (Å²) in [5, 5.41) is 6.10. The standard InChI is InChI=1S/C20H24N4O4/c1-27-20(26)15-2-4-16(5-3-15)23-17-6-7-21-18(14-17)19(25)22-8-9-24-10-12-28-13-11-24/h2-7,14H,8-13H2,1H3,(H,21,23)(H,22,25). The fourth-order valence-electron chi connectivity index (χ4n) is 2.85. The first-order valence-electron chi connectivity index (χ1n) is 9.15. The summed E-state index contributed by atoms with van der Waals surface area (Å²) in [5.41, 5.74) is 2.35. The average molecular weight is 384 g/mol. The van der Waals surface area contributed by atoms with Gasteiger partial charge < -0.3 is 20.1 Å². The second-order valence-corrected chi connectivity index (χ2v) is 6.33. The Morgan fingerprint density at radius 1 is 1.14 bits per heavy atom. The molecule has 0 bridgehead atoms. The van der Waals surface area contributed by atoms with Gasteiger partial charge in [0.25, 0.3) is 5.91 Å². The Balaban J connectivity index is 1.54. The molecule has 2 heterocycles. The van der Waals surface area contributed by atoms with Crippen molar-refractivity contribution < 1.29 is 19.1 Å². The van der Waals surface area contributed by atoms with Crippen LogP contribution in [0.15, 0.2) is 42.6 Å². The average Bonchev–Trinajstić information content (AvgIpc) is 2.74. The molecule has 1 aromatic carbocycles. The smallest absolute Gasteiger partial charge is 0.337 e. The van der Waals surface area contributed by atoms with Crippen molar-refractivity contribution in [2.45, 2.75) is 0 Å². The van der Waals surface area contributed by atoms with Crippen LogP contribution in [-0.2, 0) is 9.47 Å². The number of amides is 1. The van der Waals surface area contributed by atoms with Crippen molar-refractivity contribution in [2.24, 2.45) is 0 Å². The van der Waals surface area contributed by atoms with Crippen molar-refractivity contribution >= 4 is 23.3 Å². The number of nitrogens with one attached hydrogen (secondary N) is 2. The zero-order chi connectivity index (χ0) is 19.8. The minimum absolute atomic E-state index is 0.210. The summed E-state index contributed by atoms with van der Waals surface area (Å²) < 4.78 is 10.00. The summed E-state index contributed by atoms with van der Waals surface area (Å²) in [5.74, 6) is -0.593. The molecule has 1 aliphatic rings. The number of pyridine rings is 1. The number of carbonyl (C=O) groups is 2. The van der Waals surface area contributed by atoms with Gasteiger partial charge in [-0.25, -0.2) is 4.79 Å². The maximum absolute atomic E-state index is 12.3. The Hall–Kier alpha value is -2.97. The molecule has 1 fully saturated rings. The number of aromatic nitrogens is 1. The highest BCUT2D eigenvalue weighted by molar-refractivity contribution is 5.93. The fourth-order valence-corrected chi connectivity index (χ4v) is 2.85. The lowest BCUT2D eigenvalue weighted by Crippen LogP contribution is -2.41. The molecule has 1 aromatic heterocycles. The molecular weight excluding hydrogens is 360 g/mol. The second kappa shape index (κ2) is 9.82. The monoisotopic (exact) mass is 384 g/mol. The van der Waals surface area contributed by atoms with Crippen molar-refractivity contribution in [2.75, 3.05) is 51.8 Å². The van der Waals surface area contributed by atoms with Gasteiger partial charge in [-0.2, -0.15) is 0 Å². The highest BCUT2D eigenvalue weighted by Gasteiger charge is 2.12. The molecule has 0 unspecified atom stereocenters. The van der Waals surface area contributed by atoms with E-state index in [1.807, 2.05) is 0 Å². The lowest BCUT2D eigenvalue weighted by Gasteiger charge is -2.26. The molecule has 1 aliphatic heterocycles. The molecule has 0 atom stereocenters. The summed E-state index contributed by atoms with van der Waals surface area (Å²) >= 11 is 0. The predicted molar refractivity (Wildman–Crippen MR) is 105 cm³/mol. The van der Waals surface area contributed by atoms with Crippen molar-refractivity contribution in [1.29, 1.82) is 0 Å². The van der Waals surface area contributed by atoms with Gasteiger partial charge in [-0.15, -0.1) is 0 Å². The van der Waals surface area contributed by atoms with Crippen LogP contribution >= 0.6 is 0 Å². The molecule has 3 rings (SSSR count). The molecule has 148 valence electrons. The first-order valence-corrected chi connectivity index (χ1v) is 9.15. The summed E-state index contributed by atoms with van der Waals surface area (Å²) in [7, 11) is 1.35. The van der Waals surface area contributed by atoms with Crippen LogP contribution in [0.25, 0.3) is 0 Å². The Morgan fingerprint density at radius 2 is 1.89 bits per heavy atom. The van der Waals surface area contributed by atoms with E-state index in [1.165, 1.54) is 7.11 Å². The van der Waals surface area contributed by atoms with Crippen LogP contribution in [0.2, 0.25) is 0 Å². The van der Waals surface area contributed by atoms with Gasteiger partial charge in [-0.3, -0.25) is 14.7 Å². The number of hydrogen-bond donors (Lipinski definition) is 2. The van der Waals surface area contributed by atoms with Crippen LogP contribution in [0, 0.1) is 0 Å². The molecule has 8 heteroatoms. The molecule has 8 nitrogen and oxygen atoms in total. The Bertz CT molecular complexity index is 804. The molecule has 0 radical (unpaired) electrons. The summed E-state index contributed by atoms with van der Waals surface area (Å²) in [6.07, 6.45) is 1.59. The van der Waals surface area contributed by atoms with E-state index in [4.69, 9.17) is 4.74 Å². The third-order valence-corrected chi connectivity index (χ3v) is 4.40. The van der Waals surface area contributed by atoms with Crippen LogP contribution in [0.5, 0.6) is 0 Å². The van der Waals surface area contributed by atoms with Crippen LogP contribution in [0.1, 0.15) is 20.8 Å². The van der Waals surface area contributed by atoms with Crippen LogP contribution in [-0.4, -0.2) is 68.3 Å². The molecule has 0 aliphatic carbocycles. The van der Waals surface area contributed by atoms with E-state index >= 15 is 0 Å². The summed E-state index contributed by atoms with van der Waals surface area (Å²) in [6, 6.07) is 10.4. The summed E-state index contributed by atoms with van der Waals surface area (Å²) in [6.45, 7) is 4.62. The zero-order valence-corrected chi connectivity index (χ0v) is 15.8. The fraction of sp³-hybridized carbons (Fsp3) is 0.350. The number of methoxy groups -OCH3 is 1. The van der Waals surface area contributed by atoms with Crippen LogP contribution in [0.3, 0.4) is 0 Å². The van der Waals surface area contributed by atoms with Gasteiger partial charge in [-0.1, -0.05) is 0 Å². The molecule has 28 heavy (non-hydrogen) atoms. The van der Waals surface area contributed by atoms with E-state index in [9.17, 15) is 9.59 Å². The van der Waals surface area contributed by atoms with Crippen molar-refractivity contribution in [3.8, 4) is 0 Å². The Kier molecular flexibility index (Phi) is 6.94. The predicted octanol–water partition coefficient (Wildman–Crippen LogP) is 1.67. The van der Waals surface area contributed by atoms with Crippen molar-refractivity contribution in [1.82, 2.24) is 15.2 Å². The van der Waals surface area contributed by atoms with Gasteiger partial charge in [-0.05, 0) is 36.4 Å². The third-order valence-electron chi connectivity index (χ3n) is 4.40. The topological polar surface area (TPSA) is 92.8 Å². The molecule has 1 saturated heterocycles. The van der Waals surface area contributed by atoms with Gasteiger partial charge >= 0.3 is 5.97 Å². The number of ether oxygens (including phenoxy) is 2. The highest BCUT2D eigenvalue weighted by Crippen LogP contribution is 2.17. The van der Waals surface area contributed by atoms with E-state index in [0.717, 1.165) is 44.2 Å². The van der Waals surface area contributed by atoms with E-state index in [0.29, 0.717) is 17.8 Å². The number of esters is 1. The largest absolute Gasteiger partial charge is 0.465 e. The molecule has 0 saturated carbocycles. The highest BCUT2D eigenvalue weighted by atomic mass is 16.5. The summed E-state index contributed by atoms with van der Waals surface area (Å²) in [4.78, 5) is 30.2. The van der Waals surface area contributed by atoms with Gasteiger partial charge in [0.2, 0.25) is 0 Å². The third kappa shape index (κ3) is 5.51. The lowest BCUT2D eigenvalue weighted by atomic mass is 10.2. The minimum Gasteiger partial charge on any atom is -0.465 e. The number of morpholine rings is 1. The Labute approximate surface area is 163 Å². The van der Waals surface area contributed by atoms with Gasteiger partial charge in [0.1, 0.15) is 5.69 Å². The molecule has 0 spiro atoms. The number of carbonyl (C=O) groups excluding carboxylic acids is 2. The maximum atomic E-state index is 12.3. The zero-order valence-electron chi connectivity index (χ0n) is 15.8. The van der Waals surface area contributed by atoms with E-state index in [2.05, 4.69) is 25.3 Å². The number of anilines is 2. The van der Waals surface area contributed by atoms with E-state index < -0.39 is 0 Å². The maximum Gasteiger partial charge on any atom is 0.337 e. The SMILES string of the molecule is COC(=O)c1ccc(Nc2ccnc(C(=O)NCCN3CCOCC3)c2)cc1. The normalized spacial score (nSPS) is 14.3. The minimum atomic E-state index is -0.383. The van der Waals surface area contributed by atoms with Gasteiger partial charge in [0.15, 0.2) is 0 Å². The molecular formula is C20H24N4O4. The number of benzene rings is 1. The van der Waals surface area contributed by atoms with E-state index in [1.54, 1.807) is 42.6 Å². The first-order chi connectivity index (χ1) is 13.7.